The Bertz CT molecular complexity index is 858. The van der Waals surface area contributed by atoms with E-state index in [2.05, 4.69) is 43.4 Å². The van der Waals surface area contributed by atoms with Crippen LogP contribution in [0.15, 0.2) is 48.5 Å². The fourth-order valence-electron chi connectivity index (χ4n) is 3.48. The van der Waals surface area contributed by atoms with Crippen LogP contribution < -0.4 is 5.32 Å². The van der Waals surface area contributed by atoms with Gasteiger partial charge in [-0.15, -0.1) is 0 Å². The van der Waals surface area contributed by atoms with Crippen molar-refractivity contribution in [1.82, 2.24) is 10.2 Å². The van der Waals surface area contributed by atoms with E-state index in [4.69, 9.17) is 0 Å². The van der Waals surface area contributed by atoms with E-state index in [1.165, 1.54) is 5.56 Å². The lowest BCUT2D eigenvalue weighted by atomic mass is 10.00. The molecule has 0 heterocycles. The van der Waals surface area contributed by atoms with Crippen LogP contribution in [0.3, 0.4) is 0 Å². The van der Waals surface area contributed by atoms with E-state index in [0.29, 0.717) is 25.3 Å². The minimum Gasteiger partial charge on any atom is -0.352 e. The summed E-state index contributed by atoms with van der Waals surface area (Å²) in [5, 5.41) is 3.02. The van der Waals surface area contributed by atoms with Gasteiger partial charge in [0.15, 0.2) is 0 Å². The van der Waals surface area contributed by atoms with Crippen LogP contribution in [-0.2, 0) is 22.6 Å². The molecule has 31 heavy (non-hydrogen) atoms. The normalized spacial score (nSPS) is 13.0. The van der Waals surface area contributed by atoms with Gasteiger partial charge < -0.3 is 10.2 Å². The summed E-state index contributed by atoms with van der Waals surface area (Å²) in [6.07, 6.45) is 1.91. The van der Waals surface area contributed by atoms with Gasteiger partial charge in [-0.1, -0.05) is 69.3 Å². The summed E-state index contributed by atoms with van der Waals surface area (Å²) in [6.45, 7) is 12.7. The highest BCUT2D eigenvalue weighted by atomic mass is 16.2. The van der Waals surface area contributed by atoms with E-state index in [0.717, 1.165) is 23.1 Å². The van der Waals surface area contributed by atoms with E-state index in [9.17, 15) is 9.59 Å². The van der Waals surface area contributed by atoms with Gasteiger partial charge in [-0.05, 0) is 61.8 Å². The topological polar surface area (TPSA) is 49.4 Å². The van der Waals surface area contributed by atoms with Crippen molar-refractivity contribution in [3.8, 4) is 0 Å². The highest BCUT2D eigenvalue weighted by Gasteiger charge is 2.26. The highest BCUT2D eigenvalue weighted by molar-refractivity contribution is 5.87. The zero-order chi connectivity index (χ0) is 23.0. The highest BCUT2D eigenvalue weighted by Crippen LogP contribution is 2.18. The van der Waals surface area contributed by atoms with Crippen molar-refractivity contribution in [2.75, 3.05) is 0 Å². The largest absolute Gasteiger partial charge is 0.352 e. The van der Waals surface area contributed by atoms with E-state index in [1.54, 1.807) is 4.90 Å². The molecule has 0 fully saturated rings. The second-order valence-corrected chi connectivity index (χ2v) is 8.84. The smallest absolute Gasteiger partial charge is 0.242 e. The lowest BCUT2D eigenvalue weighted by Crippen LogP contribution is -2.49. The minimum atomic E-state index is -0.524. The quantitative estimate of drug-likeness (QED) is 0.559. The molecule has 0 radical (unpaired) electrons. The fraction of sp³-hybridized carbons (Fsp3) is 0.481. The molecule has 4 nitrogen and oxygen atoms in total. The van der Waals surface area contributed by atoms with Gasteiger partial charge in [0.2, 0.25) is 11.8 Å². The Morgan fingerprint density at radius 2 is 1.61 bits per heavy atom. The van der Waals surface area contributed by atoms with Gasteiger partial charge in [-0.2, -0.15) is 0 Å². The Balaban J connectivity index is 2.14. The van der Waals surface area contributed by atoms with Crippen LogP contribution in [0.1, 0.15) is 75.6 Å². The maximum atomic E-state index is 13.3. The summed E-state index contributed by atoms with van der Waals surface area (Å²) >= 11 is 0. The van der Waals surface area contributed by atoms with Crippen molar-refractivity contribution < 1.29 is 9.59 Å². The Labute approximate surface area is 188 Å². The van der Waals surface area contributed by atoms with Gasteiger partial charge in [-0.25, -0.2) is 0 Å². The molecule has 0 saturated carbocycles. The molecule has 4 heteroatoms. The van der Waals surface area contributed by atoms with E-state index in [-0.39, 0.29) is 17.9 Å². The van der Waals surface area contributed by atoms with E-state index in [1.807, 2.05) is 52.0 Å². The Hall–Kier alpha value is -2.62. The predicted octanol–water partition coefficient (Wildman–Crippen LogP) is 5.38. The first kappa shape index (κ1) is 24.6. The van der Waals surface area contributed by atoms with Crippen molar-refractivity contribution in [2.24, 2.45) is 0 Å². The second-order valence-electron chi connectivity index (χ2n) is 8.84. The number of rotatable bonds is 10. The maximum absolute atomic E-state index is 13.3. The third kappa shape index (κ3) is 7.23. The fourth-order valence-corrected chi connectivity index (χ4v) is 3.48. The molecule has 1 N–H and O–H groups in total. The number of benzene rings is 2. The molecular weight excluding hydrogens is 384 g/mol. The average Bonchev–Trinajstić information content (AvgIpc) is 2.76. The molecule has 0 saturated heterocycles. The van der Waals surface area contributed by atoms with Crippen molar-refractivity contribution in [3.05, 3.63) is 70.8 Å². The van der Waals surface area contributed by atoms with Crippen LogP contribution in [0, 0.1) is 6.92 Å². The molecule has 168 valence electrons. The Morgan fingerprint density at radius 1 is 0.968 bits per heavy atom. The molecule has 0 aliphatic carbocycles. The molecule has 0 aliphatic heterocycles. The third-order valence-electron chi connectivity index (χ3n) is 6.04. The van der Waals surface area contributed by atoms with Crippen molar-refractivity contribution in [2.45, 2.75) is 85.4 Å². The standard InChI is InChI=1S/C27H38N2O2/c1-7-21(5)28-27(31)22(6)29(18-25-11-9-8-10-20(25)4)26(30)17-14-23-12-15-24(16-13-23)19(2)3/h8-13,15-16,19,21-22H,7,14,17-18H2,1-6H3,(H,28,31)/t21-,22-/m0/s1. The number of hydrogen-bond donors (Lipinski definition) is 1. The first-order chi connectivity index (χ1) is 14.7. The molecule has 0 unspecified atom stereocenters. The minimum absolute atomic E-state index is 0.00277. The molecular formula is C27H38N2O2. The van der Waals surface area contributed by atoms with Gasteiger partial charge >= 0.3 is 0 Å². The number of nitrogens with one attached hydrogen (secondary N) is 1. The SMILES string of the molecule is CC[C@H](C)NC(=O)[C@H](C)N(Cc1ccccc1C)C(=O)CCc1ccc(C(C)C)cc1. The molecule has 0 bridgehead atoms. The Kier molecular flexibility index (Phi) is 9.29. The zero-order valence-corrected chi connectivity index (χ0v) is 19.9. The first-order valence-corrected chi connectivity index (χ1v) is 11.5. The van der Waals surface area contributed by atoms with Crippen molar-refractivity contribution in [3.63, 3.8) is 0 Å². The van der Waals surface area contributed by atoms with Crippen molar-refractivity contribution >= 4 is 11.8 Å². The summed E-state index contributed by atoms with van der Waals surface area (Å²) in [7, 11) is 0. The van der Waals surface area contributed by atoms with Crippen LogP contribution in [-0.4, -0.2) is 28.8 Å². The lowest BCUT2D eigenvalue weighted by molar-refractivity contribution is -0.140. The molecule has 0 spiro atoms. The molecule has 2 atom stereocenters. The van der Waals surface area contributed by atoms with E-state index < -0.39 is 6.04 Å². The van der Waals surface area contributed by atoms with Gasteiger partial charge in [0.25, 0.3) is 0 Å². The summed E-state index contributed by atoms with van der Waals surface area (Å²) in [6, 6.07) is 16.1. The Morgan fingerprint density at radius 3 is 2.19 bits per heavy atom. The number of carbonyl (C=O) groups is 2. The van der Waals surface area contributed by atoms with Crippen LogP contribution in [0.4, 0.5) is 0 Å². The van der Waals surface area contributed by atoms with Crippen LogP contribution in [0.2, 0.25) is 0 Å². The predicted molar refractivity (Wildman–Crippen MR) is 128 cm³/mol. The lowest BCUT2D eigenvalue weighted by Gasteiger charge is -2.30. The third-order valence-corrected chi connectivity index (χ3v) is 6.04. The molecule has 2 rings (SSSR count). The summed E-state index contributed by atoms with van der Waals surface area (Å²) in [5.74, 6) is 0.394. The summed E-state index contributed by atoms with van der Waals surface area (Å²) in [4.78, 5) is 27.8. The molecule has 2 amide bonds. The zero-order valence-electron chi connectivity index (χ0n) is 19.9. The molecule has 2 aromatic carbocycles. The van der Waals surface area contributed by atoms with Crippen LogP contribution in [0.5, 0.6) is 0 Å². The summed E-state index contributed by atoms with van der Waals surface area (Å²) < 4.78 is 0. The number of hydrogen-bond acceptors (Lipinski definition) is 2. The monoisotopic (exact) mass is 422 g/mol. The number of nitrogens with zero attached hydrogens (tertiary/aromatic N) is 1. The molecule has 0 aliphatic rings. The van der Waals surface area contributed by atoms with Crippen molar-refractivity contribution in [1.29, 1.82) is 0 Å². The van der Waals surface area contributed by atoms with Gasteiger partial charge in [0.1, 0.15) is 6.04 Å². The van der Waals surface area contributed by atoms with Gasteiger partial charge in [0, 0.05) is 19.0 Å². The maximum Gasteiger partial charge on any atom is 0.242 e. The van der Waals surface area contributed by atoms with E-state index >= 15 is 0 Å². The van der Waals surface area contributed by atoms with Gasteiger partial charge in [-0.3, -0.25) is 9.59 Å². The average molecular weight is 423 g/mol. The second kappa shape index (κ2) is 11.7. The number of aryl methyl sites for hydroxylation is 2. The molecule has 0 aromatic heterocycles. The van der Waals surface area contributed by atoms with Crippen LogP contribution >= 0.6 is 0 Å². The molecule has 2 aromatic rings. The van der Waals surface area contributed by atoms with Crippen LogP contribution in [0.25, 0.3) is 0 Å². The first-order valence-electron chi connectivity index (χ1n) is 11.5. The number of amides is 2. The summed E-state index contributed by atoms with van der Waals surface area (Å²) in [5.41, 5.74) is 4.64. The van der Waals surface area contributed by atoms with Gasteiger partial charge in [0.05, 0.1) is 0 Å². The number of carbonyl (C=O) groups excluding carboxylic acids is 2.